The summed E-state index contributed by atoms with van der Waals surface area (Å²) in [4.78, 5) is 14.6. The Balaban J connectivity index is 2.73. The van der Waals surface area contributed by atoms with Crippen molar-refractivity contribution in [2.45, 2.75) is 27.7 Å². The number of nitrogens with zero attached hydrogens (tertiary/aromatic N) is 1. The Bertz CT molecular complexity index is 417. The van der Waals surface area contributed by atoms with Crippen molar-refractivity contribution in [3.05, 3.63) is 29.8 Å². The molecule has 1 aromatic carbocycles. The largest absolute Gasteiger partial charge is 0.497 e. The second-order valence-electron chi connectivity index (χ2n) is 6.14. The minimum Gasteiger partial charge on any atom is -0.497 e. The molecule has 0 bridgehead atoms. The van der Waals surface area contributed by atoms with Crippen LogP contribution in [-0.2, 0) is 0 Å². The van der Waals surface area contributed by atoms with E-state index in [-0.39, 0.29) is 5.78 Å². The van der Waals surface area contributed by atoms with E-state index < -0.39 is 0 Å². The highest BCUT2D eigenvalue weighted by Crippen LogP contribution is 2.14. The van der Waals surface area contributed by atoms with Gasteiger partial charge in [0.05, 0.1) is 13.7 Å². The van der Waals surface area contributed by atoms with E-state index in [2.05, 4.69) is 32.6 Å². The summed E-state index contributed by atoms with van der Waals surface area (Å²) in [6.45, 7) is 11.1. The fourth-order valence-corrected chi connectivity index (χ4v) is 2.33. The summed E-state index contributed by atoms with van der Waals surface area (Å²) in [6, 6.07) is 7.39. The fourth-order valence-electron chi connectivity index (χ4n) is 2.33. The van der Waals surface area contributed by atoms with Gasteiger partial charge in [-0.2, -0.15) is 0 Å². The summed E-state index contributed by atoms with van der Waals surface area (Å²) in [5.74, 6) is 2.01. The molecule has 1 aromatic rings. The van der Waals surface area contributed by atoms with Crippen LogP contribution in [0.5, 0.6) is 5.75 Å². The van der Waals surface area contributed by atoms with Gasteiger partial charge in [-0.3, -0.25) is 9.69 Å². The maximum atomic E-state index is 12.4. The molecule has 1 rings (SSSR count). The quantitative estimate of drug-likeness (QED) is 0.681. The van der Waals surface area contributed by atoms with E-state index in [1.165, 1.54) is 0 Å². The van der Waals surface area contributed by atoms with Gasteiger partial charge in [-0.15, -0.1) is 0 Å². The van der Waals surface area contributed by atoms with Crippen LogP contribution < -0.4 is 4.74 Å². The molecular weight excluding hydrogens is 250 g/mol. The van der Waals surface area contributed by atoms with Gasteiger partial charge in [0.25, 0.3) is 0 Å². The number of methoxy groups -OCH3 is 1. The lowest BCUT2D eigenvalue weighted by Gasteiger charge is -2.25. The van der Waals surface area contributed by atoms with Crippen molar-refractivity contribution in [3.8, 4) is 5.75 Å². The predicted molar refractivity (Wildman–Crippen MR) is 83.4 cm³/mol. The number of ether oxygens (including phenoxy) is 1. The van der Waals surface area contributed by atoms with Gasteiger partial charge in [0.2, 0.25) is 0 Å². The predicted octanol–water partition coefficient (Wildman–Crippen LogP) is 3.49. The minimum absolute atomic E-state index is 0.158. The highest BCUT2D eigenvalue weighted by Gasteiger charge is 2.15. The summed E-state index contributed by atoms with van der Waals surface area (Å²) in [7, 11) is 1.62. The summed E-state index contributed by atoms with van der Waals surface area (Å²) in [6.07, 6.45) is 0. The fraction of sp³-hybridized carbons (Fsp3) is 0.588. The van der Waals surface area contributed by atoms with E-state index in [0.717, 1.165) is 24.4 Å². The summed E-state index contributed by atoms with van der Waals surface area (Å²) in [5.41, 5.74) is 0.724. The molecule has 112 valence electrons. The van der Waals surface area contributed by atoms with E-state index in [0.29, 0.717) is 18.4 Å². The molecule has 0 N–H and O–H groups in total. The molecule has 20 heavy (non-hydrogen) atoms. The Labute approximate surface area is 122 Å². The van der Waals surface area contributed by atoms with Crippen LogP contribution in [0.3, 0.4) is 0 Å². The van der Waals surface area contributed by atoms with Crippen LogP contribution in [-0.4, -0.2) is 37.4 Å². The minimum atomic E-state index is 0.158. The Morgan fingerprint density at radius 2 is 1.75 bits per heavy atom. The average Bonchev–Trinajstić information content (AvgIpc) is 2.37. The Morgan fingerprint density at radius 1 is 1.15 bits per heavy atom. The number of benzene rings is 1. The number of hydrogen-bond acceptors (Lipinski definition) is 3. The lowest BCUT2D eigenvalue weighted by molar-refractivity contribution is 0.0912. The molecule has 0 aromatic heterocycles. The first-order chi connectivity index (χ1) is 9.42. The number of rotatable bonds is 8. The molecule has 3 nitrogen and oxygen atoms in total. The second-order valence-corrected chi connectivity index (χ2v) is 6.14. The van der Waals surface area contributed by atoms with Crippen LogP contribution in [0.1, 0.15) is 38.1 Å². The standard InChI is InChI=1S/C17H27NO2/c1-13(2)10-18(11-14(3)4)12-17(19)15-7-6-8-16(9-15)20-5/h6-9,13-14H,10-12H2,1-5H3. The maximum Gasteiger partial charge on any atom is 0.176 e. The van der Waals surface area contributed by atoms with E-state index in [1.807, 2.05) is 24.3 Å². The van der Waals surface area contributed by atoms with E-state index in [1.54, 1.807) is 7.11 Å². The Morgan fingerprint density at radius 3 is 2.25 bits per heavy atom. The van der Waals surface area contributed by atoms with Crippen LogP contribution in [0, 0.1) is 11.8 Å². The third-order valence-corrected chi connectivity index (χ3v) is 3.01. The molecule has 0 saturated carbocycles. The second kappa shape index (κ2) is 8.05. The third-order valence-electron chi connectivity index (χ3n) is 3.01. The zero-order chi connectivity index (χ0) is 15.1. The number of hydrogen-bond donors (Lipinski definition) is 0. The molecule has 0 radical (unpaired) electrons. The lowest BCUT2D eigenvalue weighted by atomic mass is 10.1. The van der Waals surface area contributed by atoms with Gasteiger partial charge in [0.1, 0.15) is 5.75 Å². The van der Waals surface area contributed by atoms with Crippen molar-refractivity contribution in [2.24, 2.45) is 11.8 Å². The van der Waals surface area contributed by atoms with Gasteiger partial charge >= 0.3 is 0 Å². The molecular formula is C17H27NO2. The first-order valence-corrected chi connectivity index (χ1v) is 7.32. The van der Waals surface area contributed by atoms with Crippen LogP contribution in [0.15, 0.2) is 24.3 Å². The van der Waals surface area contributed by atoms with Crippen molar-refractivity contribution in [2.75, 3.05) is 26.7 Å². The van der Waals surface area contributed by atoms with Crippen molar-refractivity contribution in [1.82, 2.24) is 4.90 Å². The molecule has 0 aliphatic carbocycles. The van der Waals surface area contributed by atoms with E-state index in [4.69, 9.17) is 4.74 Å². The Hall–Kier alpha value is -1.35. The molecule has 0 amide bonds. The van der Waals surface area contributed by atoms with Gasteiger partial charge < -0.3 is 4.74 Å². The first kappa shape index (κ1) is 16.7. The molecule has 0 unspecified atom stereocenters. The first-order valence-electron chi connectivity index (χ1n) is 7.32. The van der Waals surface area contributed by atoms with Crippen molar-refractivity contribution >= 4 is 5.78 Å². The van der Waals surface area contributed by atoms with E-state index >= 15 is 0 Å². The normalized spacial score (nSPS) is 11.4. The maximum absolute atomic E-state index is 12.4. The van der Waals surface area contributed by atoms with Crippen molar-refractivity contribution in [3.63, 3.8) is 0 Å². The molecule has 0 aliphatic heterocycles. The van der Waals surface area contributed by atoms with E-state index in [9.17, 15) is 4.79 Å². The monoisotopic (exact) mass is 277 g/mol. The van der Waals surface area contributed by atoms with Gasteiger partial charge in [-0.25, -0.2) is 0 Å². The number of ketones is 1. The highest BCUT2D eigenvalue weighted by molar-refractivity contribution is 5.97. The molecule has 0 atom stereocenters. The van der Waals surface area contributed by atoms with Crippen LogP contribution in [0.4, 0.5) is 0 Å². The zero-order valence-corrected chi connectivity index (χ0v) is 13.3. The van der Waals surface area contributed by atoms with Crippen molar-refractivity contribution < 1.29 is 9.53 Å². The van der Waals surface area contributed by atoms with Gasteiger partial charge in [-0.1, -0.05) is 39.8 Å². The van der Waals surface area contributed by atoms with Crippen LogP contribution in [0.25, 0.3) is 0 Å². The smallest absolute Gasteiger partial charge is 0.176 e. The number of Topliss-reactive ketones (excluding diaryl/α,β-unsaturated/α-hetero) is 1. The third kappa shape index (κ3) is 5.74. The SMILES string of the molecule is COc1cccc(C(=O)CN(CC(C)C)CC(C)C)c1. The summed E-state index contributed by atoms with van der Waals surface area (Å²) >= 11 is 0. The van der Waals surface area contributed by atoms with Gasteiger partial charge in [0.15, 0.2) is 5.78 Å². The molecule has 0 heterocycles. The number of carbonyl (C=O) groups is 1. The van der Waals surface area contributed by atoms with Crippen LogP contribution >= 0.6 is 0 Å². The molecule has 0 fully saturated rings. The molecule has 0 saturated heterocycles. The molecule has 3 heteroatoms. The molecule has 0 spiro atoms. The lowest BCUT2D eigenvalue weighted by Crippen LogP contribution is -2.35. The van der Waals surface area contributed by atoms with Gasteiger partial charge in [-0.05, 0) is 24.0 Å². The Kier molecular flexibility index (Phi) is 6.73. The topological polar surface area (TPSA) is 29.5 Å². The van der Waals surface area contributed by atoms with Crippen LogP contribution in [0.2, 0.25) is 0 Å². The number of carbonyl (C=O) groups excluding carboxylic acids is 1. The highest BCUT2D eigenvalue weighted by atomic mass is 16.5. The zero-order valence-electron chi connectivity index (χ0n) is 13.3. The van der Waals surface area contributed by atoms with Crippen molar-refractivity contribution in [1.29, 1.82) is 0 Å². The molecule has 0 aliphatic rings. The van der Waals surface area contributed by atoms with Gasteiger partial charge in [0, 0.05) is 18.7 Å². The summed E-state index contributed by atoms with van der Waals surface area (Å²) < 4.78 is 5.17. The summed E-state index contributed by atoms with van der Waals surface area (Å²) in [5, 5.41) is 0. The average molecular weight is 277 g/mol.